The van der Waals surface area contributed by atoms with Gasteiger partial charge in [-0.3, -0.25) is 14.9 Å². The minimum Gasteiger partial charge on any atom is -0.454 e. The first kappa shape index (κ1) is 16.8. The maximum atomic E-state index is 12.1. The van der Waals surface area contributed by atoms with Crippen LogP contribution in [0.2, 0.25) is 5.02 Å². The lowest BCUT2D eigenvalue weighted by Gasteiger charge is -2.06. The van der Waals surface area contributed by atoms with E-state index in [0.717, 1.165) is 5.56 Å². The summed E-state index contributed by atoms with van der Waals surface area (Å²) in [5, 5.41) is 13.8. The Hall–Kier alpha value is -3.06. The van der Waals surface area contributed by atoms with Gasteiger partial charge in [-0.25, -0.2) is 0 Å². The molecule has 2 aromatic carbocycles. The Balaban J connectivity index is 1.75. The second kappa shape index (κ2) is 6.82. The van der Waals surface area contributed by atoms with Crippen molar-refractivity contribution in [2.45, 2.75) is 6.92 Å². The Bertz CT molecular complexity index is 895. The van der Waals surface area contributed by atoms with E-state index in [0.29, 0.717) is 27.8 Å². The fourth-order valence-electron chi connectivity index (χ4n) is 2.29. The number of nitrogens with one attached hydrogen (secondary N) is 1. The van der Waals surface area contributed by atoms with Gasteiger partial charge < -0.3 is 14.8 Å². The van der Waals surface area contributed by atoms with Crippen LogP contribution in [-0.2, 0) is 4.79 Å². The van der Waals surface area contributed by atoms with E-state index in [-0.39, 0.29) is 12.5 Å². The molecule has 1 N–H and O–H groups in total. The maximum absolute atomic E-state index is 12.1. The number of rotatable bonds is 4. The molecule has 0 fully saturated rings. The molecule has 0 bridgehead atoms. The van der Waals surface area contributed by atoms with Crippen molar-refractivity contribution in [3.8, 4) is 11.5 Å². The van der Waals surface area contributed by atoms with E-state index >= 15 is 0 Å². The molecule has 0 atom stereocenters. The van der Waals surface area contributed by atoms with Crippen LogP contribution in [0.5, 0.6) is 11.5 Å². The molecule has 0 aromatic heterocycles. The minimum atomic E-state index is -0.514. The van der Waals surface area contributed by atoms with E-state index in [9.17, 15) is 14.9 Å². The number of anilines is 1. The Morgan fingerprint density at radius 2 is 2.12 bits per heavy atom. The van der Waals surface area contributed by atoms with Gasteiger partial charge in [0.2, 0.25) is 12.7 Å². The van der Waals surface area contributed by atoms with Gasteiger partial charge in [-0.05, 0) is 36.3 Å². The number of nitro groups is 1. The third kappa shape index (κ3) is 3.72. The molecule has 0 saturated carbocycles. The van der Waals surface area contributed by atoms with Crippen LogP contribution >= 0.6 is 11.6 Å². The van der Waals surface area contributed by atoms with Gasteiger partial charge >= 0.3 is 0 Å². The van der Waals surface area contributed by atoms with Crippen LogP contribution in [-0.4, -0.2) is 17.6 Å². The monoisotopic (exact) mass is 360 g/mol. The first-order valence-electron chi connectivity index (χ1n) is 7.27. The third-order valence-electron chi connectivity index (χ3n) is 3.57. The Morgan fingerprint density at radius 3 is 2.88 bits per heavy atom. The number of non-ortho nitro benzene ring substituents is 1. The number of nitrogens with zero attached hydrogens (tertiary/aromatic N) is 1. The van der Waals surface area contributed by atoms with Gasteiger partial charge in [0, 0.05) is 18.2 Å². The second-order valence-electron chi connectivity index (χ2n) is 5.32. The van der Waals surface area contributed by atoms with E-state index in [1.165, 1.54) is 18.2 Å². The molecule has 128 valence electrons. The van der Waals surface area contributed by atoms with Gasteiger partial charge in [-0.1, -0.05) is 17.7 Å². The zero-order chi connectivity index (χ0) is 18.0. The molecule has 2 aromatic rings. The van der Waals surface area contributed by atoms with Crippen molar-refractivity contribution in [1.82, 2.24) is 0 Å². The first-order chi connectivity index (χ1) is 11.9. The molecule has 0 spiro atoms. The van der Waals surface area contributed by atoms with Crippen LogP contribution in [0.1, 0.15) is 11.1 Å². The Kier molecular flexibility index (Phi) is 4.58. The molecular weight excluding hydrogens is 348 g/mol. The average molecular weight is 361 g/mol. The van der Waals surface area contributed by atoms with Crippen molar-refractivity contribution in [2.24, 2.45) is 0 Å². The highest BCUT2D eigenvalue weighted by atomic mass is 35.5. The Labute approximate surface area is 148 Å². The van der Waals surface area contributed by atoms with Crippen molar-refractivity contribution in [1.29, 1.82) is 0 Å². The van der Waals surface area contributed by atoms with E-state index in [4.69, 9.17) is 21.1 Å². The summed E-state index contributed by atoms with van der Waals surface area (Å²) in [6.45, 7) is 1.86. The highest BCUT2D eigenvalue weighted by Crippen LogP contribution is 2.40. The minimum absolute atomic E-state index is 0.0903. The standard InChI is InChI=1S/C17H13ClN2O5/c1-10-2-4-12(20(22)23)8-14(10)19-16(21)5-3-11-6-13(18)17-15(7-11)24-9-25-17/h2-8H,9H2,1H3,(H,19,21)/b5-3+. The molecule has 0 saturated heterocycles. The number of hydrogen-bond acceptors (Lipinski definition) is 5. The van der Waals surface area contributed by atoms with E-state index < -0.39 is 10.8 Å². The molecule has 25 heavy (non-hydrogen) atoms. The number of carbonyl (C=O) groups excluding carboxylic acids is 1. The number of halogens is 1. The first-order valence-corrected chi connectivity index (χ1v) is 7.65. The molecular formula is C17H13ClN2O5. The number of aryl methyl sites for hydroxylation is 1. The highest BCUT2D eigenvalue weighted by molar-refractivity contribution is 6.32. The van der Waals surface area contributed by atoms with Crippen molar-refractivity contribution < 1.29 is 19.2 Å². The van der Waals surface area contributed by atoms with Crippen molar-refractivity contribution >= 4 is 35.0 Å². The molecule has 8 heteroatoms. The highest BCUT2D eigenvalue weighted by Gasteiger charge is 2.17. The van der Waals surface area contributed by atoms with Crippen molar-refractivity contribution in [3.63, 3.8) is 0 Å². The molecule has 0 radical (unpaired) electrons. The van der Waals surface area contributed by atoms with Gasteiger partial charge in [0.15, 0.2) is 11.5 Å². The van der Waals surface area contributed by atoms with Crippen LogP contribution in [0.4, 0.5) is 11.4 Å². The van der Waals surface area contributed by atoms with Crippen LogP contribution in [0.25, 0.3) is 6.08 Å². The van der Waals surface area contributed by atoms with Crippen LogP contribution < -0.4 is 14.8 Å². The molecule has 0 aliphatic carbocycles. The zero-order valence-electron chi connectivity index (χ0n) is 13.1. The fourth-order valence-corrected chi connectivity index (χ4v) is 2.56. The molecule has 1 aliphatic heterocycles. The predicted molar refractivity (Wildman–Crippen MR) is 93.1 cm³/mol. The predicted octanol–water partition coefficient (Wildman–Crippen LogP) is 3.94. The topological polar surface area (TPSA) is 90.7 Å². The molecule has 1 amide bonds. The summed E-state index contributed by atoms with van der Waals surface area (Å²) >= 11 is 6.08. The molecule has 3 rings (SSSR count). The summed E-state index contributed by atoms with van der Waals surface area (Å²) in [7, 11) is 0. The number of nitro benzene ring substituents is 1. The van der Waals surface area contributed by atoms with Crippen molar-refractivity contribution in [2.75, 3.05) is 12.1 Å². The van der Waals surface area contributed by atoms with E-state index in [1.54, 1.807) is 31.2 Å². The number of hydrogen-bond donors (Lipinski definition) is 1. The van der Waals surface area contributed by atoms with Gasteiger partial charge in [-0.15, -0.1) is 0 Å². The summed E-state index contributed by atoms with van der Waals surface area (Å²) in [4.78, 5) is 22.4. The van der Waals surface area contributed by atoms with Crippen LogP contribution in [0, 0.1) is 17.0 Å². The molecule has 7 nitrogen and oxygen atoms in total. The molecule has 1 aliphatic rings. The summed E-state index contributed by atoms with van der Waals surface area (Å²) in [6, 6.07) is 7.64. The van der Waals surface area contributed by atoms with Crippen LogP contribution in [0.3, 0.4) is 0 Å². The number of amides is 1. The largest absolute Gasteiger partial charge is 0.454 e. The fraction of sp³-hybridized carbons (Fsp3) is 0.118. The third-order valence-corrected chi connectivity index (χ3v) is 3.85. The van der Waals surface area contributed by atoms with E-state index in [1.807, 2.05) is 0 Å². The summed E-state index contributed by atoms with van der Waals surface area (Å²) in [5.41, 5.74) is 1.68. The average Bonchev–Trinajstić information content (AvgIpc) is 3.04. The summed E-state index contributed by atoms with van der Waals surface area (Å²) < 4.78 is 10.5. The second-order valence-corrected chi connectivity index (χ2v) is 5.72. The van der Waals surface area contributed by atoms with Crippen LogP contribution in [0.15, 0.2) is 36.4 Å². The lowest BCUT2D eigenvalue weighted by atomic mass is 10.1. The number of fused-ring (bicyclic) bond motifs is 1. The summed E-state index contributed by atoms with van der Waals surface area (Å²) in [6.07, 6.45) is 2.88. The van der Waals surface area contributed by atoms with Gasteiger partial charge in [0.1, 0.15) is 0 Å². The lowest BCUT2D eigenvalue weighted by Crippen LogP contribution is -2.09. The number of carbonyl (C=O) groups is 1. The van der Waals surface area contributed by atoms with E-state index in [2.05, 4.69) is 5.32 Å². The van der Waals surface area contributed by atoms with Gasteiger partial charge in [-0.2, -0.15) is 0 Å². The lowest BCUT2D eigenvalue weighted by molar-refractivity contribution is -0.384. The van der Waals surface area contributed by atoms with Crippen molar-refractivity contribution in [3.05, 3.63) is 62.7 Å². The molecule has 0 unspecified atom stereocenters. The smallest absolute Gasteiger partial charge is 0.271 e. The molecule has 1 heterocycles. The SMILES string of the molecule is Cc1ccc([N+](=O)[O-])cc1NC(=O)/C=C/c1cc(Cl)c2c(c1)OCO2. The number of ether oxygens (including phenoxy) is 2. The number of benzene rings is 2. The quantitative estimate of drug-likeness (QED) is 0.506. The normalized spacial score (nSPS) is 12.4. The zero-order valence-corrected chi connectivity index (χ0v) is 13.9. The Morgan fingerprint density at radius 1 is 1.32 bits per heavy atom. The van der Waals surface area contributed by atoms with Gasteiger partial charge in [0.25, 0.3) is 5.69 Å². The summed E-state index contributed by atoms with van der Waals surface area (Å²) in [5.74, 6) is 0.579. The van der Waals surface area contributed by atoms with Gasteiger partial charge in [0.05, 0.1) is 15.6 Å². The maximum Gasteiger partial charge on any atom is 0.271 e.